The van der Waals surface area contributed by atoms with Crippen molar-refractivity contribution in [2.24, 2.45) is 4.99 Å². The summed E-state index contributed by atoms with van der Waals surface area (Å²) in [7, 11) is 0. The molecule has 6 heteroatoms. The Bertz CT molecular complexity index is 746. The molecule has 0 bridgehead atoms. The van der Waals surface area contributed by atoms with Crippen LogP contribution in [0.25, 0.3) is 5.32 Å². The van der Waals surface area contributed by atoms with Crippen LogP contribution in [0.3, 0.4) is 0 Å². The van der Waals surface area contributed by atoms with Crippen molar-refractivity contribution in [2.45, 2.75) is 19.8 Å². The Morgan fingerprint density at radius 3 is 2.42 bits per heavy atom. The van der Waals surface area contributed by atoms with Crippen LogP contribution in [0, 0.1) is 0 Å². The normalized spacial score (nSPS) is 15.9. The maximum absolute atomic E-state index is 4.65. The molecule has 3 rings (SSSR count). The summed E-state index contributed by atoms with van der Waals surface area (Å²) in [6.45, 7) is 3.91. The van der Waals surface area contributed by atoms with E-state index in [1.807, 2.05) is 48.8 Å². The standard InChI is InChI=1S/C20H23N4.HI.Ni/c1-2-16-14-23-19-10-5-3-8-17(19)21-12-7-13-22-18-9-4-6-11-20(18)24-15-16;;/h3-6,8-11,14-15,21-22H,2,7,12-13H2,1H3;1H;/q-1;;+1/p-1/b16-14-,24-15?;;. The quantitative estimate of drug-likeness (QED) is 0.344. The molecule has 1 heterocycles. The molecule has 141 valence electrons. The van der Waals surface area contributed by atoms with E-state index in [2.05, 4.69) is 52.3 Å². The zero-order valence-corrected chi connectivity index (χ0v) is 17.8. The van der Waals surface area contributed by atoms with Gasteiger partial charge in [-0.15, -0.1) is 5.69 Å². The third-order valence-electron chi connectivity index (χ3n) is 3.94. The van der Waals surface area contributed by atoms with Gasteiger partial charge in [0.15, 0.2) is 0 Å². The molecule has 0 spiro atoms. The average molecular weight is 505 g/mol. The molecule has 0 saturated carbocycles. The molecule has 0 aliphatic carbocycles. The molecule has 0 atom stereocenters. The summed E-state index contributed by atoms with van der Waals surface area (Å²) in [5, 5.41) is 11.6. The molecule has 2 N–H and O–H groups in total. The van der Waals surface area contributed by atoms with E-state index in [1.165, 1.54) is 0 Å². The average Bonchev–Trinajstić information content (AvgIpc) is 2.70. The topological polar surface area (TPSA) is 50.5 Å². The maximum atomic E-state index is 4.65. The van der Waals surface area contributed by atoms with Gasteiger partial charge in [0, 0.05) is 25.0 Å². The van der Waals surface area contributed by atoms with Crippen molar-refractivity contribution in [3.63, 3.8) is 0 Å². The predicted molar refractivity (Wildman–Crippen MR) is 118 cm³/mol. The molecule has 2 aromatic rings. The Hall–Kier alpha value is -1.53. The number of fused-ring (bicyclic) bond motifs is 2. The molecule has 1 aliphatic heterocycles. The number of benzene rings is 2. The summed E-state index contributed by atoms with van der Waals surface area (Å²) < 4.78 is 0. The van der Waals surface area contributed by atoms with Crippen molar-refractivity contribution in [2.75, 3.05) is 23.7 Å². The van der Waals surface area contributed by atoms with E-state index in [0.29, 0.717) is 0 Å². The second kappa shape index (κ2) is 12.0. The third kappa shape index (κ3) is 6.33. The number of halogens is 1. The zero-order chi connectivity index (χ0) is 18.6. The van der Waals surface area contributed by atoms with Crippen LogP contribution in [0.15, 0.2) is 65.3 Å². The van der Waals surface area contributed by atoms with E-state index >= 15 is 0 Å². The Kier molecular flexibility index (Phi) is 9.57. The number of allylic oxidation sites excluding steroid dienone is 1. The summed E-state index contributed by atoms with van der Waals surface area (Å²) in [5.41, 5.74) is 5.15. The number of rotatable bonds is 1. The first-order valence-electron chi connectivity index (χ1n) is 8.58. The van der Waals surface area contributed by atoms with Crippen molar-refractivity contribution < 1.29 is 12.3 Å². The van der Waals surface area contributed by atoms with Crippen LogP contribution in [-0.4, -0.2) is 19.3 Å². The molecule has 1 aliphatic rings. The molecule has 26 heavy (non-hydrogen) atoms. The first-order chi connectivity index (χ1) is 12.9. The van der Waals surface area contributed by atoms with E-state index in [0.717, 1.165) is 54.3 Å². The van der Waals surface area contributed by atoms with E-state index in [4.69, 9.17) is 0 Å². The summed E-state index contributed by atoms with van der Waals surface area (Å²) in [5.74, 6) is 0. The number of anilines is 2. The van der Waals surface area contributed by atoms with Crippen LogP contribution in [-0.2, 0) is 12.3 Å². The summed E-state index contributed by atoms with van der Waals surface area (Å²) in [6.07, 6.45) is 5.72. The molecule has 0 fully saturated rings. The molecule has 0 radical (unpaired) electrons. The Morgan fingerprint density at radius 2 is 1.65 bits per heavy atom. The van der Waals surface area contributed by atoms with Gasteiger partial charge in [-0.25, -0.2) is 0 Å². The number of aliphatic imine (C=N–C) groups is 1. The van der Waals surface area contributed by atoms with E-state index in [-0.39, 0.29) is 0 Å². The van der Waals surface area contributed by atoms with Gasteiger partial charge in [0.05, 0.1) is 11.4 Å². The van der Waals surface area contributed by atoms with Gasteiger partial charge in [-0.2, -0.15) is 6.20 Å². The van der Waals surface area contributed by atoms with Crippen molar-refractivity contribution >= 4 is 49.4 Å². The molecular formula is C20H23IN4Ni-. The molecular weight excluding hydrogens is 482 g/mol. The van der Waals surface area contributed by atoms with Gasteiger partial charge in [0.1, 0.15) is 0 Å². The predicted octanol–water partition coefficient (Wildman–Crippen LogP) is 6.50. The van der Waals surface area contributed by atoms with Crippen molar-refractivity contribution in [3.05, 3.63) is 65.6 Å². The summed E-state index contributed by atoms with van der Waals surface area (Å²) in [4.78, 5) is 4.65. The number of hydrogen-bond donors (Lipinski definition) is 2. The number of hydrogen-bond acceptors (Lipinski definition) is 3. The van der Waals surface area contributed by atoms with Crippen LogP contribution >= 0.6 is 20.5 Å². The Labute approximate surface area is 175 Å². The van der Waals surface area contributed by atoms with Crippen LogP contribution in [0.4, 0.5) is 22.7 Å². The van der Waals surface area contributed by atoms with Gasteiger partial charge in [-0.1, -0.05) is 42.8 Å². The molecule has 0 aromatic heterocycles. The van der Waals surface area contributed by atoms with Gasteiger partial charge in [0.2, 0.25) is 0 Å². The number of nitrogens with zero attached hydrogens (tertiary/aromatic N) is 2. The van der Waals surface area contributed by atoms with E-state index < -0.39 is 0 Å². The number of nitrogens with one attached hydrogen (secondary N) is 2. The molecule has 0 unspecified atom stereocenters. The van der Waals surface area contributed by atoms with Gasteiger partial charge in [-0.05, 0) is 31.0 Å². The monoisotopic (exact) mass is 504 g/mol. The Balaban J connectivity index is 0.00000117. The van der Waals surface area contributed by atoms with Crippen molar-refractivity contribution in [3.8, 4) is 0 Å². The van der Waals surface area contributed by atoms with Crippen molar-refractivity contribution in [1.29, 1.82) is 0 Å². The first kappa shape index (κ1) is 20.8. The molecule has 2 aromatic carbocycles. The third-order valence-corrected chi connectivity index (χ3v) is 3.94. The van der Waals surface area contributed by atoms with Crippen molar-refractivity contribution in [1.82, 2.24) is 0 Å². The SMILES string of the molecule is CC/C1=C/[N-]c2ccccc2NCCCNc2ccccc2N=C1.[Ni][I]. The minimum absolute atomic E-state index is 0.887. The second-order valence-corrected chi connectivity index (χ2v) is 5.69. The Morgan fingerprint density at radius 1 is 1.00 bits per heavy atom. The fraction of sp³-hybridized carbons (Fsp3) is 0.250. The van der Waals surface area contributed by atoms with E-state index in [9.17, 15) is 0 Å². The van der Waals surface area contributed by atoms with Gasteiger partial charge in [0.25, 0.3) is 0 Å². The zero-order valence-electron chi connectivity index (χ0n) is 14.7. The van der Waals surface area contributed by atoms with Crippen LogP contribution in [0.5, 0.6) is 0 Å². The van der Waals surface area contributed by atoms with Gasteiger partial charge < -0.3 is 16.0 Å². The fourth-order valence-corrected chi connectivity index (χ4v) is 2.53. The summed E-state index contributed by atoms with van der Waals surface area (Å²) in [6, 6.07) is 16.3. The fourth-order valence-electron chi connectivity index (χ4n) is 2.53. The molecule has 0 saturated heterocycles. The number of para-hydroxylation sites is 4. The van der Waals surface area contributed by atoms with Crippen LogP contribution < -0.4 is 10.6 Å². The van der Waals surface area contributed by atoms with Gasteiger partial charge in [-0.3, -0.25) is 4.99 Å². The molecule has 4 nitrogen and oxygen atoms in total. The minimum atomic E-state index is 0.887. The van der Waals surface area contributed by atoms with Gasteiger partial charge >= 0.3 is 32.8 Å². The van der Waals surface area contributed by atoms with E-state index in [1.54, 1.807) is 20.5 Å². The molecule has 0 amide bonds. The van der Waals surface area contributed by atoms with Crippen LogP contribution in [0.1, 0.15) is 19.8 Å². The first-order valence-corrected chi connectivity index (χ1v) is 11.8. The second-order valence-electron chi connectivity index (χ2n) is 5.69. The summed E-state index contributed by atoms with van der Waals surface area (Å²) >= 11 is 5.62. The van der Waals surface area contributed by atoms with Crippen LogP contribution in [0.2, 0.25) is 0 Å².